The molecule has 2 aliphatic rings. The van der Waals surface area contributed by atoms with Gasteiger partial charge in [0.15, 0.2) is 0 Å². The predicted molar refractivity (Wildman–Crippen MR) is 69.5 cm³/mol. The third-order valence-electron chi connectivity index (χ3n) is 4.45. The molecule has 3 heteroatoms. The van der Waals surface area contributed by atoms with Crippen LogP contribution >= 0.6 is 0 Å². The molecule has 1 saturated carbocycles. The minimum atomic E-state index is 0.0270. The number of hydrogen-bond donors (Lipinski definition) is 1. The summed E-state index contributed by atoms with van der Waals surface area (Å²) in [4.78, 5) is 14.6. The molecule has 1 aliphatic carbocycles. The van der Waals surface area contributed by atoms with Gasteiger partial charge in [-0.05, 0) is 31.6 Å². The van der Waals surface area contributed by atoms with Crippen LogP contribution in [0.4, 0.5) is 0 Å². The Hall–Kier alpha value is -0.570. The summed E-state index contributed by atoms with van der Waals surface area (Å²) in [5.74, 6) is 1.36. The molecule has 1 amide bonds. The standard InChI is InChI=1S/C14H26N2O/c1-9(2)13-14(17)16(11(4)15-13)12-8-6-5-7-10(12)3/h9-13,15H,5-8H2,1-4H3. The van der Waals surface area contributed by atoms with Gasteiger partial charge in [0.2, 0.25) is 5.91 Å². The Morgan fingerprint density at radius 2 is 1.88 bits per heavy atom. The van der Waals surface area contributed by atoms with E-state index in [1.165, 1.54) is 25.7 Å². The van der Waals surface area contributed by atoms with E-state index < -0.39 is 0 Å². The summed E-state index contributed by atoms with van der Waals surface area (Å²) in [6, 6.07) is 0.488. The van der Waals surface area contributed by atoms with E-state index in [0.717, 1.165) is 0 Å². The van der Waals surface area contributed by atoms with Gasteiger partial charge in [-0.25, -0.2) is 0 Å². The van der Waals surface area contributed by atoms with E-state index >= 15 is 0 Å². The van der Waals surface area contributed by atoms with Gasteiger partial charge in [0.05, 0.1) is 12.2 Å². The van der Waals surface area contributed by atoms with Crippen molar-refractivity contribution < 1.29 is 4.79 Å². The summed E-state index contributed by atoms with van der Waals surface area (Å²) in [6.45, 7) is 8.67. The number of nitrogens with one attached hydrogen (secondary N) is 1. The second-order valence-corrected chi connectivity index (χ2v) is 6.14. The van der Waals surface area contributed by atoms with Gasteiger partial charge >= 0.3 is 0 Å². The summed E-state index contributed by atoms with van der Waals surface area (Å²) in [7, 11) is 0. The van der Waals surface area contributed by atoms with Crippen molar-refractivity contribution in [1.29, 1.82) is 0 Å². The summed E-state index contributed by atoms with van der Waals surface area (Å²) < 4.78 is 0. The molecule has 1 saturated heterocycles. The van der Waals surface area contributed by atoms with Crippen LogP contribution in [-0.4, -0.2) is 29.1 Å². The first-order chi connectivity index (χ1) is 8.02. The van der Waals surface area contributed by atoms with Gasteiger partial charge in [0.25, 0.3) is 0 Å². The van der Waals surface area contributed by atoms with Crippen LogP contribution in [0.15, 0.2) is 0 Å². The molecule has 0 bridgehead atoms. The van der Waals surface area contributed by atoms with Crippen molar-refractivity contribution in [2.75, 3.05) is 0 Å². The maximum absolute atomic E-state index is 12.5. The van der Waals surface area contributed by atoms with Gasteiger partial charge in [-0.1, -0.05) is 33.6 Å². The fourth-order valence-corrected chi connectivity index (χ4v) is 3.40. The van der Waals surface area contributed by atoms with Crippen molar-refractivity contribution in [2.45, 2.75) is 71.6 Å². The topological polar surface area (TPSA) is 32.3 Å². The van der Waals surface area contributed by atoms with Crippen molar-refractivity contribution in [2.24, 2.45) is 11.8 Å². The average Bonchev–Trinajstić information content (AvgIpc) is 2.56. The smallest absolute Gasteiger partial charge is 0.241 e. The van der Waals surface area contributed by atoms with Crippen molar-refractivity contribution in [3.05, 3.63) is 0 Å². The first-order valence-electron chi connectivity index (χ1n) is 7.10. The van der Waals surface area contributed by atoms with E-state index in [-0.39, 0.29) is 12.2 Å². The van der Waals surface area contributed by atoms with Crippen LogP contribution in [0, 0.1) is 11.8 Å². The first kappa shape index (κ1) is 12.9. The molecule has 0 aromatic heterocycles. The van der Waals surface area contributed by atoms with Gasteiger partial charge < -0.3 is 4.90 Å². The van der Waals surface area contributed by atoms with E-state index in [2.05, 4.69) is 37.9 Å². The lowest BCUT2D eigenvalue weighted by molar-refractivity contribution is -0.134. The summed E-state index contributed by atoms with van der Waals surface area (Å²) in [5, 5.41) is 3.45. The molecule has 1 N–H and O–H groups in total. The lowest BCUT2D eigenvalue weighted by Crippen LogP contribution is -2.47. The Morgan fingerprint density at radius 3 is 2.41 bits per heavy atom. The van der Waals surface area contributed by atoms with Crippen LogP contribution < -0.4 is 5.32 Å². The van der Waals surface area contributed by atoms with Crippen molar-refractivity contribution in [3.63, 3.8) is 0 Å². The molecule has 0 radical (unpaired) electrons. The lowest BCUT2D eigenvalue weighted by atomic mass is 9.84. The van der Waals surface area contributed by atoms with Crippen molar-refractivity contribution in [1.82, 2.24) is 10.2 Å². The zero-order chi connectivity index (χ0) is 12.6. The van der Waals surface area contributed by atoms with E-state index in [1.807, 2.05) is 0 Å². The van der Waals surface area contributed by atoms with Gasteiger partial charge in [-0.3, -0.25) is 10.1 Å². The molecule has 1 aliphatic heterocycles. The van der Waals surface area contributed by atoms with E-state index in [9.17, 15) is 4.79 Å². The minimum Gasteiger partial charge on any atom is -0.323 e. The zero-order valence-electron chi connectivity index (χ0n) is 11.6. The van der Waals surface area contributed by atoms with E-state index in [0.29, 0.717) is 23.8 Å². The largest absolute Gasteiger partial charge is 0.323 e. The fourth-order valence-electron chi connectivity index (χ4n) is 3.40. The highest BCUT2D eigenvalue weighted by molar-refractivity contribution is 5.84. The van der Waals surface area contributed by atoms with Crippen LogP contribution in [0.1, 0.15) is 53.4 Å². The van der Waals surface area contributed by atoms with Crippen LogP contribution in [0.2, 0.25) is 0 Å². The number of rotatable bonds is 2. The summed E-state index contributed by atoms with van der Waals surface area (Å²) >= 11 is 0. The minimum absolute atomic E-state index is 0.0270. The van der Waals surface area contributed by atoms with Crippen molar-refractivity contribution >= 4 is 5.91 Å². The fraction of sp³-hybridized carbons (Fsp3) is 0.929. The summed E-state index contributed by atoms with van der Waals surface area (Å²) in [6.07, 6.45) is 5.27. The Kier molecular flexibility index (Phi) is 3.76. The molecule has 98 valence electrons. The van der Waals surface area contributed by atoms with E-state index in [1.54, 1.807) is 0 Å². The number of carbonyl (C=O) groups excluding carboxylic acids is 1. The predicted octanol–water partition coefficient (Wildman–Crippen LogP) is 2.37. The lowest BCUT2D eigenvalue weighted by Gasteiger charge is -2.38. The molecule has 3 nitrogen and oxygen atoms in total. The third-order valence-corrected chi connectivity index (χ3v) is 4.45. The molecule has 0 aromatic rings. The molecule has 2 rings (SSSR count). The quantitative estimate of drug-likeness (QED) is 0.801. The maximum Gasteiger partial charge on any atom is 0.241 e. The van der Waals surface area contributed by atoms with Crippen LogP contribution in [0.3, 0.4) is 0 Å². The SMILES string of the molecule is CC(C)C1NC(C)N(C2CCCCC2C)C1=O. The highest BCUT2D eigenvalue weighted by Gasteiger charge is 2.43. The number of nitrogens with zero attached hydrogens (tertiary/aromatic N) is 1. The highest BCUT2D eigenvalue weighted by Crippen LogP contribution is 2.32. The normalized spacial score (nSPS) is 39.1. The molecule has 0 spiro atoms. The first-order valence-corrected chi connectivity index (χ1v) is 7.10. The van der Waals surface area contributed by atoms with Crippen LogP contribution in [0.25, 0.3) is 0 Å². The zero-order valence-corrected chi connectivity index (χ0v) is 11.6. The van der Waals surface area contributed by atoms with Gasteiger partial charge in [-0.15, -0.1) is 0 Å². The van der Waals surface area contributed by atoms with Crippen molar-refractivity contribution in [3.8, 4) is 0 Å². The molecule has 2 fully saturated rings. The highest BCUT2D eigenvalue weighted by atomic mass is 16.2. The molecular weight excluding hydrogens is 212 g/mol. The third kappa shape index (κ3) is 2.35. The summed E-state index contributed by atoms with van der Waals surface area (Å²) in [5.41, 5.74) is 0. The number of amides is 1. The Balaban J connectivity index is 2.12. The van der Waals surface area contributed by atoms with E-state index in [4.69, 9.17) is 0 Å². The van der Waals surface area contributed by atoms with Gasteiger partial charge in [-0.2, -0.15) is 0 Å². The molecule has 0 aromatic carbocycles. The second kappa shape index (κ2) is 4.97. The van der Waals surface area contributed by atoms with Crippen LogP contribution in [-0.2, 0) is 4.79 Å². The average molecular weight is 238 g/mol. The monoisotopic (exact) mass is 238 g/mol. The number of carbonyl (C=O) groups is 1. The molecule has 4 atom stereocenters. The molecule has 17 heavy (non-hydrogen) atoms. The molecular formula is C14H26N2O. The maximum atomic E-state index is 12.5. The Bertz CT molecular complexity index is 290. The van der Waals surface area contributed by atoms with Crippen LogP contribution in [0.5, 0.6) is 0 Å². The second-order valence-electron chi connectivity index (χ2n) is 6.14. The molecule has 1 heterocycles. The Morgan fingerprint density at radius 1 is 1.24 bits per heavy atom. The van der Waals surface area contributed by atoms with Gasteiger partial charge in [0.1, 0.15) is 0 Å². The number of hydrogen-bond acceptors (Lipinski definition) is 2. The Labute approximate surface area is 105 Å². The van der Waals surface area contributed by atoms with Gasteiger partial charge in [0, 0.05) is 6.04 Å². The molecule has 4 unspecified atom stereocenters.